The van der Waals surface area contributed by atoms with Crippen molar-refractivity contribution in [2.45, 2.75) is 155 Å². The minimum absolute atomic E-state index is 0.0569. The van der Waals surface area contributed by atoms with Gasteiger partial charge in [-0.05, 0) is 12.8 Å². The van der Waals surface area contributed by atoms with Crippen molar-refractivity contribution in [1.82, 2.24) is 0 Å². The molecule has 0 radical (unpaired) electrons. The van der Waals surface area contributed by atoms with Gasteiger partial charge >= 0.3 is 19.8 Å². The molecular weight excluding hydrogens is 533 g/mol. The first-order valence-corrected chi connectivity index (χ1v) is 17.5. The van der Waals surface area contributed by atoms with Crippen LogP contribution in [-0.2, 0) is 32.7 Å². The van der Waals surface area contributed by atoms with E-state index in [1.54, 1.807) is 0 Å². The molecule has 0 aromatic carbocycles. The summed E-state index contributed by atoms with van der Waals surface area (Å²) in [6, 6.07) is 0. The fraction of sp³-hybridized carbons (Fsp3) is 0.933. The Hall–Kier alpha value is -0.990. The second-order valence-electron chi connectivity index (χ2n) is 10.7. The maximum atomic E-state index is 12.3. The van der Waals surface area contributed by atoms with Gasteiger partial charge in [0, 0.05) is 19.4 Å². The Labute approximate surface area is 244 Å². The smallest absolute Gasteiger partial charge is 0.462 e. The number of hydrogen-bond donors (Lipinski definition) is 2. The number of esters is 2. The summed E-state index contributed by atoms with van der Waals surface area (Å²) in [5.74, 6) is -0.834. The number of hydrogen-bond acceptors (Lipinski definition) is 8. The predicted molar refractivity (Wildman–Crippen MR) is 160 cm³/mol. The third-order valence-electron chi connectivity index (χ3n) is 6.74. The quantitative estimate of drug-likeness (QED) is 0.0486. The molecule has 0 heterocycles. The van der Waals surface area contributed by atoms with Crippen molar-refractivity contribution in [3.8, 4) is 0 Å². The summed E-state index contributed by atoms with van der Waals surface area (Å²) in [6.45, 7) is 3.64. The molecule has 10 heteroatoms. The molecular formula is C30H60NO8P. The largest absolute Gasteiger partial charge is 0.472 e. The Bertz CT molecular complexity index is 649. The Morgan fingerprint density at radius 2 is 1.07 bits per heavy atom. The lowest BCUT2D eigenvalue weighted by Crippen LogP contribution is -2.29. The van der Waals surface area contributed by atoms with E-state index in [4.69, 9.17) is 24.3 Å². The van der Waals surface area contributed by atoms with Crippen LogP contribution in [0.25, 0.3) is 0 Å². The van der Waals surface area contributed by atoms with Crippen LogP contribution in [0.15, 0.2) is 0 Å². The summed E-state index contributed by atoms with van der Waals surface area (Å²) in [6.07, 6.45) is 21.6. The molecule has 0 rings (SSSR count). The normalized spacial score (nSPS) is 13.6. The highest BCUT2D eigenvalue weighted by Crippen LogP contribution is 2.43. The average molecular weight is 594 g/mol. The highest BCUT2D eigenvalue weighted by Gasteiger charge is 2.25. The maximum Gasteiger partial charge on any atom is 0.472 e. The first-order valence-electron chi connectivity index (χ1n) is 16.0. The number of unbranched alkanes of at least 4 members (excludes halogenated alkanes) is 17. The molecule has 2 atom stereocenters. The van der Waals surface area contributed by atoms with Crippen molar-refractivity contribution in [1.29, 1.82) is 0 Å². The van der Waals surface area contributed by atoms with Gasteiger partial charge in [-0.15, -0.1) is 0 Å². The van der Waals surface area contributed by atoms with Gasteiger partial charge in [-0.2, -0.15) is 0 Å². The molecule has 9 nitrogen and oxygen atoms in total. The van der Waals surface area contributed by atoms with Crippen molar-refractivity contribution in [3.63, 3.8) is 0 Å². The van der Waals surface area contributed by atoms with Crippen LogP contribution >= 0.6 is 7.82 Å². The standard InChI is InChI=1S/C30H60NO8P/c1-3-5-7-9-11-12-13-14-15-16-17-19-20-22-29(32)36-26-28(27-38-40(34,35)37-25-24-31)39-30(33)23-21-18-10-8-6-4-2/h28H,3-27,31H2,1-2H3,(H,34,35)/t28-/m0/s1. The van der Waals surface area contributed by atoms with Crippen LogP contribution < -0.4 is 5.73 Å². The van der Waals surface area contributed by atoms with Crippen molar-refractivity contribution in [3.05, 3.63) is 0 Å². The number of carbonyl (C=O) groups is 2. The van der Waals surface area contributed by atoms with Crippen molar-refractivity contribution in [2.75, 3.05) is 26.4 Å². The van der Waals surface area contributed by atoms with E-state index in [2.05, 4.69) is 13.8 Å². The summed E-state index contributed by atoms with van der Waals surface area (Å²) in [4.78, 5) is 34.3. The van der Waals surface area contributed by atoms with Gasteiger partial charge in [0.25, 0.3) is 0 Å². The molecule has 0 aliphatic heterocycles. The van der Waals surface area contributed by atoms with E-state index in [0.29, 0.717) is 6.42 Å². The molecule has 3 N–H and O–H groups in total. The molecule has 238 valence electrons. The molecule has 0 fully saturated rings. The first kappa shape index (κ1) is 39.0. The second kappa shape index (κ2) is 28.1. The molecule has 0 aliphatic rings. The van der Waals surface area contributed by atoms with E-state index in [9.17, 15) is 19.0 Å². The van der Waals surface area contributed by atoms with Crippen LogP contribution in [0, 0.1) is 0 Å². The van der Waals surface area contributed by atoms with Gasteiger partial charge < -0.3 is 20.1 Å². The zero-order chi connectivity index (χ0) is 29.7. The molecule has 0 amide bonds. The number of phosphoric acid groups is 1. The Morgan fingerprint density at radius 3 is 1.52 bits per heavy atom. The fourth-order valence-electron chi connectivity index (χ4n) is 4.34. The van der Waals surface area contributed by atoms with Crippen LogP contribution in [0.2, 0.25) is 0 Å². The lowest BCUT2D eigenvalue weighted by atomic mass is 10.0. The second-order valence-corrected chi connectivity index (χ2v) is 12.1. The van der Waals surface area contributed by atoms with Gasteiger partial charge in [-0.3, -0.25) is 18.6 Å². The van der Waals surface area contributed by atoms with Crippen molar-refractivity contribution < 1.29 is 37.6 Å². The Balaban J connectivity index is 4.20. The number of ether oxygens (including phenoxy) is 2. The molecule has 0 aromatic heterocycles. The highest BCUT2D eigenvalue weighted by molar-refractivity contribution is 7.47. The molecule has 0 bridgehead atoms. The molecule has 0 aromatic rings. The summed E-state index contributed by atoms with van der Waals surface area (Å²) >= 11 is 0. The zero-order valence-corrected chi connectivity index (χ0v) is 26.5. The average Bonchev–Trinajstić information content (AvgIpc) is 2.93. The predicted octanol–water partition coefficient (Wildman–Crippen LogP) is 7.77. The van der Waals surface area contributed by atoms with Crippen LogP contribution in [0.3, 0.4) is 0 Å². The van der Waals surface area contributed by atoms with Crippen molar-refractivity contribution in [2.24, 2.45) is 5.73 Å². The third kappa shape index (κ3) is 27.2. The summed E-state index contributed by atoms with van der Waals surface area (Å²) in [5, 5.41) is 0. The fourth-order valence-corrected chi connectivity index (χ4v) is 5.10. The van der Waals surface area contributed by atoms with Gasteiger partial charge in [0.05, 0.1) is 13.2 Å². The van der Waals surface area contributed by atoms with Gasteiger partial charge in [0.15, 0.2) is 6.10 Å². The Morgan fingerprint density at radius 1 is 0.650 bits per heavy atom. The molecule has 40 heavy (non-hydrogen) atoms. The van der Waals surface area contributed by atoms with Gasteiger partial charge in [0.1, 0.15) is 6.61 Å². The lowest BCUT2D eigenvalue weighted by Gasteiger charge is -2.19. The minimum Gasteiger partial charge on any atom is -0.462 e. The van der Waals surface area contributed by atoms with Gasteiger partial charge in [0.2, 0.25) is 0 Å². The van der Waals surface area contributed by atoms with E-state index < -0.39 is 26.5 Å². The van der Waals surface area contributed by atoms with E-state index >= 15 is 0 Å². The molecule has 1 unspecified atom stereocenters. The van der Waals surface area contributed by atoms with Crippen molar-refractivity contribution >= 4 is 19.8 Å². The molecule has 0 saturated heterocycles. The summed E-state index contributed by atoms with van der Waals surface area (Å²) in [5.41, 5.74) is 5.29. The topological polar surface area (TPSA) is 134 Å². The number of phosphoric ester groups is 1. The highest BCUT2D eigenvalue weighted by atomic mass is 31.2. The zero-order valence-electron chi connectivity index (χ0n) is 25.6. The van der Waals surface area contributed by atoms with E-state index in [0.717, 1.165) is 44.9 Å². The maximum absolute atomic E-state index is 12.3. The van der Waals surface area contributed by atoms with Crippen LogP contribution in [0.4, 0.5) is 0 Å². The van der Waals surface area contributed by atoms with Crippen LogP contribution in [0.5, 0.6) is 0 Å². The minimum atomic E-state index is -4.35. The van der Waals surface area contributed by atoms with E-state index in [1.165, 1.54) is 70.6 Å². The van der Waals surface area contributed by atoms with E-state index in [-0.39, 0.29) is 38.6 Å². The molecule has 0 spiro atoms. The third-order valence-corrected chi connectivity index (χ3v) is 7.73. The van der Waals surface area contributed by atoms with Gasteiger partial charge in [-0.25, -0.2) is 4.57 Å². The SMILES string of the molecule is CCCCCCCCCCCCCCCC(=O)OC[C@@H](COP(=O)(O)OCCN)OC(=O)CCCCCCCC. The number of nitrogens with two attached hydrogens (primary N) is 1. The van der Waals surface area contributed by atoms with Gasteiger partial charge in [-0.1, -0.05) is 123 Å². The molecule has 0 saturated carbocycles. The monoisotopic (exact) mass is 593 g/mol. The summed E-state index contributed by atoms with van der Waals surface area (Å²) in [7, 11) is -4.35. The summed E-state index contributed by atoms with van der Waals surface area (Å²) < 4.78 is 32.3. The Kier molecular flexibility index (Phi) is 27.4. The number of rotatable bonds is 30. The van der Waals surface area contributed by atoms with Crippen LogP contribution in [-0.4, -0.2) is 49.3 Å². The number of carbonyl (C=O) groups excluding carboxylic acids is 2. The lowest BCUT2D eigenvalue weighted by molar-refractivity contribution is -0.161. The van der Waals surface area contributed by atoms with Crippen LogP contribution in [0.1, 0.15) is 149 Å². The van der Waals surface area contributed by atoms with E-state index in [1.807, 2.05) is 0 Å². The molecule has 0 aliphatic carbocycles. The first-order chi connectivity index (χ1) is 19.3.